The fourth-order valence-electron chi connectivity index (χ4n) is 1.32. The van der Waals surface area contributed by atoms with E-state index in [4.69, 9.17) is 5.73 Å². The van der Waals surface area contributed by atoms with Crippen molar-refractivity contribution in [2.75, 3.05) is 0 Å². The maximum Gasteiger partial charge on any atom is 0.164 e. The highest BCUT2D eigenvalue weighted by Crippen LogP contribution is 2.12. The van der Waals surface area contributed by atoms with Crippen LogP contribution in [0.3, 0.4) is 0 Å². The van der Waals surface area contributed by atoms with Crippen molar-refractivity contribution in [3.05, 3.63) is 35.1 Å². The van der Waals surface area contributed by atoms with Gasteiger partial charge in [0.2, 0.25) is 0 Å². The highest BCUT2D eigenvalue weighted by molar-refractivity contribution is 5.96. The lowest BCUT2D eigenvalue weighted by Gasteiger charge is -2.08. The molecule has 0 saturated carbocycles. The third-order valence-electron chi connectivity index (χ3n) is 2.45. The lowest BCUT2D eigenvalue weighted by Crippen LogP contribution is -2.22. The number of aryl methyl sites for hydroxylation is 1. The predicted octanol–water partition coefficient (Wildman–Crippen LogP) is 2.44. The topological polar surface area (TPSA) is 43.1 Å². The summed E-state index contributed by atoms with van der Waals surface area (Å²) in [7, 11) is 0. The molecular weight excluding hydrogens is 193 g/mol. The van der Waals surface area contributed by atoms with Crippen molar-refractivity contribution in [1.29, 1.82) is 0 Å². The molecule has 0 radical (unpaired) electrons. The van der Waals surface area contributed by atoms with Crippen LogP contribution in [0.1, 0.15) is 35.7 Å². The third kappa shape index (κ3) is 3.13. The second kappa shape index (κ2) is 5.03. The summed E-state index contributed by atoms with van der Waals surface area (Å²) >= 11 is 0. The van der Waals surface area contributed by atoms with Crippen molar-refractivity contribution in [2.45, 2.75) is 32.7 Å². The van der Waals surface area contributed by atoms with Gasteiger partial charge in [0.25, 0.3) is 0 Å². The zero-order chi connectivity index (χ0) is 11.4. The lowest BCUT2D eigenvalue weighted by atomic mass is 10.0. The summed E-state index contributed by atoms with van der Waals surface area (Å²) in [5.41, 5.74) is 6.72. The fraction of sp³-hybridized carbons (Fsp3) is 0.417. The van der Waals surface area contributed by atoms with Gasteiger partial charge in [-0.2, -0.15) is 0 Å². The Morgan fingerprint density at radius 2 is 2.20 bits per heavy atom. The van der Waals surface area contributed by atoms with Crippen LogP contribution < -0.4 is 5.73 Å². The molecule has 0 saturated heterocycles. The van der Waals surface area contributed by atoms with Crippen molar-refractivity contribution >= 4 is 5.78 Å². The van der Waals surface area contributed by atoms with Gasteiger partial charge in [0.15, 0.2) is 5.78 Å². The number of carbonyl (C=O) groups excluding carboxylic acids is 1. The number of nitrogens with two attached hydrogens (primary N) is 1. The molecule has 1 unspecified atom stereocenters. The average Bonchev–Trinajstić information content (AvgIpc) is 2.21. The Kier molecular flexibility index (Phi) is 3.97. The fourth-order valence-corrected chi connectivity index (χ4v) is 1.32. The highest BCUT2D eigenvalue weighted by atomic mass is 19.1. The summed E-state index contributed by atoms with van der Waals surface area (Å²) in [6, 6.07) is 4.29. The Morgan fingerprint density at radius 3 is 2.73 bits per heavy atom. The van der Waals surface area contributed by atoms with Crippen LogP contribution in [0, 0.1) is 12.7 Å². The molecule has 0 fully saturated rings. The molecule has 15 heavy (non-hydrogen) atoms. The second-order valence-electron chi connectivity index (χ2n) is 3.76. The molecule has 3 heteroatoms. The Morgan fingerprint density at radius 1 is 1.53 bits per heavy atom. The second-order valence-corrected chi connectivity index (χ2v) is 3.76. The number of hydrogen-bond donors (Lipinski definition) is 1. The minimum absolute atomic E-state index is 0.0209. The first-order valence-electron chi connectivity index (χ1n) is 5.09. The number of ketones is 1. The summed E-state index contributed by atoms with van der Waals surface area (Å²) in [4.78, 5) is 11.7. The molecular formula is C12H16FNO. The van der Waals surface area contributed by atoms with E-state index in [-0.39, 0.29) is 17.6 Å². The lowest BCUT2D eigenvalue weighted by molar-refractivity contribution is 0.0974. The van der Waals surface area contributed by atoms with E-state index in [0.29, 0.717) is 17.5 Å². The molecule has 1 rings (SSSR count). The molecule has 2 N–H and O–H groups in total. The van der Waals surface area contributed by atoms with E-state index < -0.39 is 0 Å². The minimum atomic E-state index is -0.286. The van der Waals surface area contributed by atoms with Gasteiger partial charge in [0.05, 0.1) is 0 Å². The summed E-state index contributed by atoms with van der Waals surface area (Å²) in [5, 5.41) is 0. The molecule has 1 atom stereocenters. The van der Waals surface area contributed by atoms with E-state index in [2.05, 4.69) is 0 Å². The van der Waals surface area contributed by atoms with Crippen LogP contribution >= 0.6 is 0 Å². The molecule has 1 aromatic carbocycles. The maximum atomic E-state index is 13.0. The van der Waals surface area contributed by atoms with Gasteiger partial charge >= 0.3 is 0 Å². The summed E-state index contributed by atoms with van der Waals surface area (Å²) in [5.74, 6) is -0.307. The van der Waals surface area contributed by atoms with Gasteiger partial charge in [0.1, 0.15) is 5.82 Å². The van der Waals surface area contributed by atoms with E-state index in [9.17, 15) is 9.18 Å². The molecule has 0 aliphatic heterocycles. The largest absolute Gasteiger partial charge is 0.327 e. The first kappa shape index (κ1) is 11.9. The Balaban J connectivity index is 2.78. The molecule has 0 amide bonds. The maximum absolute atomic E-state index is 13.0. The van der Waals surface area contributed by atoms with Crippen molar-refractivity contribution in [2.24, 2.45) is 5.73 Å². The monoisotopic (exact) mass is 209 g/mol. The van der Waals surface area contributed by atoms with Crippen molar-refractivity contribution < 1.29 is 9.18 Å². The normalized spacial score (nSPS) is 12.5. The molecule has 0 spiro atoms. The molecule has 1 aromatic rings. The molecule has 0 aliphatic rings. The molecule has 0 aromatic heterocycles. The number of Topliss-reactive ketones (excluding diaryl/α,β-unsaturated/α-hetero) is 1. The van der Waals surface area contributed by atoms with Crippen LogP contribution in [0.5, 0.6) is 0 Å². The van der Waals surface area contributed by atoms with Crippen molar-refractivity contribution in [1.82, 2.24) is 0 Å². The first-order valence-corrected chi connectivity index (χ1v) is 5.09. The molecule has 82 valence electrons. The number of carbonyl (C=O) groups is 1. The van der Waals surface area contributed by atoms with E-state index in [1.54, 1.807) is 13.0 Å². The first-order chi connectivity index (χ1) is 7.04. The van der Waals surface area contributed by atoms with Gasteiger partial charge in [-0.05, 0) is 37.1 Å². The number of hydrogen-bond acceptors (Lipinski definition) is 2. The molecule has 0 bridgehead atoms. The zero-order valence-corrected chi connectivity index (χ0v) is 9.09. The third-order valence-corrected chi connectivity index (χ3v) is 2.45. The van der Waals surface area contributed by atoms with Crippen molar-refractivity contribution in [3.63, 3.8) is 0 Å². The van der Waals surface area contributed by atoms with E-state index in [1.165, 1.54) is 12.1 Å². The number of halogens is 1. The number of rotatable bonds is 4. The smallest absolute Gasteiger partial charge is 0.164 e. The predicted molar refractivity (Wildman–Crippen MR) is 58.4 cm³/mol. The molecule has 0 aliphatic carbocycles. The van der Waals surface area contributed by atoms with Crippen LogP contribution in [0.4, 0.5) is 4.39 Å². The summed E-state index contributed by atoms with van der Waals surface area (Å²) in [6.07, 6.45) is 1.09. The Hall–Kier alpha value is -1.22. The highest BCUT2D eigenvalue weighted by Gasteiger charge is 2.11. The van der Waals surface area contributed by atoms with Gasteiger partial charge in [0, 0.05) is 18.0 Å². The van der Waals surface area contributed by atoms with Crippen molar-refractivity contribution in [3.8, 4) is 0 Å². The SMILES string of the molecule is CCC(N)CC(=O)c1ccc(F)c(C)c1. The summed E-state index contributed by atoms with van der Waals surface area (Å²) in [6.45, 7) is 3.58. The average molecular weight is 209 g/mol. The quantitative estimate of drug-likeness (QED) is 0.774. The van der Waals surface area contributed by atoms with Crippen LogP contribution in [-0.4, -0.2) is 11.8 Å². The Bertz CT molecular complexity index is 363. The Labute approximate surface area is 89.3 Å². The van der Waals surface area contributed by atoms with Gasteiger partial charge in [-0.25, -0.2) is 4.39 Å². The van der Waals surface area contributed by atoms with E-state index >= 15 is 0 Å². The zero-order valence-electron chi connectivity index (χ0n) is 9.09. The minimum Gasteiger partial charge on any atom is -0.327 e. The van der Waals surface area contributed by atoms with Gasteiger partial charge in [-0.15, -0.1) is 0 Å². The van der Waals surface area contributed by atoms with Crippen LogP contribution in [0.15, 0.2) is 18.2 Å². The van der Waals surface area contributed by atoms with Crippen LogP contribution in [-0.2, 0) is 0 Å². The van der Waals surface area contributed by atoms with Gasteiger partial charge in [-0.3, -0.25) is 4.79 Å². The summed E-state index contributed by atoms with van der Waals surface area (Å²) < 4.78 is 13.0. The van der Waals surface area contributed by atoms with E-state index in [0.717, 1.165) is 6.42 Å². The molecule has 2 nitrogen and oxygen atoms in total. The molecule has 0 heterocycles. The van der Waals surface area contributed by atoms with Crippen LogP contribution in [0.2, 0.25) is 0 Å². The van der Waals surface area contributed by atoms with Gasteiger partial charge in [-0.1, -0.05) is 6.92 Å². The van der Waals surface area contributed by atoms with Crippen LogP contribution in [0.25, 0.3) is 0 Å². The number of benzene rings is 1. The standard InChI is InChI=1S/C12H16FNO/c1-3-10(14)7-12(15)9-4-5-11(13)8(2)6-9/h4-6,10H,3,7,14H2,1-2H3. The van der Waals surface area contributed by atoms with Gasteiger partial charge < -0.3 is 5.73 Å². The van der Waals surface area contributed by atoms with E-state index in [1.807, 2.05) is 6.92 Å².